The molecule has 6 nitrogen and oxygen atoms in total. The molecule has 156 valence electrons. The largest absolute Gasteiger partial charge is 0.416 e. The van der Waals surface area contributed by atoms with Gasteiger partial charge in [0.2, 0.25) is 5.82 Å². The first-order chi connectivity index (χ1) is 14.4. The standard InChI is InChI=1S/C20H17F3N4O2S/c21-20(22,23)13-3-1-4-14(11-13)27-17(15-5-2-10-30-15)24-16(25-27)18(28)26-8-9-29-12-19(26)6-7-19/h1-5,10-11H,6-9,12H2. The van der Waals surface area contributed by atoms with E-state index in [4.69, 9.17) is 4.74 Å². The summed E-state index contributed by atoms with van der Waals surface area (Å²) in [6, 6.07) is 8.46. The first-order valence-electron chi connectivity index (χ1n) is 9.46. The molecule has 0 atom stereocenters. The molecule has 0 N–H and O–H groups in total. The van der Waals surface area contributed by atoms with Crippen LogP contribution < -0.4 is 0 Å². The van der Waals surface area contributed by atoms with E-state index in [1.807, 2.05) is 11.4 Å². The number of benzene rings is 1. The molecule has 0 radical (unpaired) electrons. The second-order valence-electron chi connectivity index (χ2n) is 7.43. The molecule has 1 saturated heterocycles. The monoisotopic (exact) mass is 434 g/mol. The van der Waals surface area contributed by atoms with Gasteiger partial charge in [0, 0.05) is 6.54 Å². The highest BCUT2D eigenvalue weighted by Crippen LogP contribution is 2.44. The normalized spacial score (nSPS) is 18.0. The zero-order valence-electron chi connectivity index (χ0n) is 15.7. The maximum atomic E-state index is 13.2. The van der Waals surface area contributed by atoms with Crippen LogP contribution in [-0.4, -0.2) is 50.9 Å². The first kappa shape index (κ1) is 19.3. The van der Waals surface area contributed by atoms with Gasteiger partial charge in [0.05, 0.1) is 34.9 Å². The van der Waals surface area contributed by atoms with Crippen molar-refractivity contribution in [2.75, 3.05) is 19.8 Å². The van der Waals surface area contributed by atoms with E-state index in [2.05, 4.69) is 10.1 Å². The summed E-state index contributed by atoms with van der Waals surface area (Å²) in [7, 11) is 0. The lowest BCUT2D eigenvalue weighted by atomic mass is 10.2. The van der Waals surface area contributed by atoms with E-state index in [0.717, 1.165) is 25.0 Å². The predicted molar refractivity (Wildman–Crippen MR) is 103 cm³/mol. The Morgan fingerprint density at radius 2 is 2.03 bits per heavy atom. The van der Waals surface area contributed by atoms with Crippen molar-refractivity contribution in [2.24, 2.45) is 0 Å². The molecule has 1 aliphatic carbocycles. The summed E-state index contributed by atoms with van der Waals surface area (Å²) in [5.74, 6) is -0.00546. The van der Waals surface area contributed by atoms with Gasteiger partial charge in [-0.05, 0) is 42.5 Å². The molecule has 1 saturated carbocycles. The average Bonchev–Trinajstić information content (AvgIpc) is 3.14. The maximum absolute atomic E-state index is 13.2. The lowest BCUT2D eigenvalue weighted by Crippen LogP contribution is -2.50. The van der Waals surface area contributed by atoms with Gasteiger partial charge in [-0.2, -0.15) is 13.2 Å². The topological polar surface area (TPSA) is 60.2 Å². The molecule has 3 aromatic rings. The quantitative estimate of drug-likeness (QED) is 0.625. The number of thiophene rings is 1. The van der Waals surface area contributed by atoms with Gasteiger partial charge in [0.1, 0.15) is 0 Å². The molecule has 2 fully saturated rings. The molecule has 2 aliphatic rings. The number of alkyl halides is 3. The highest BCUT2D eigenvalue weighted by molar-refractivity contribution is 7.13. The summed E-state index contributed by atoms with van der Waals surface area (Å²) < 4.78 is 46.5. The second-order valence-corrected chi connectivity index (χ2v) is 8.38. The number of ether oxygens (including phenoxy) is 1. The molecule has 1 spiro atoms. The molecule has 10 heteroatoms. The van der Waals surface area contributed by atoms with Crippen LogP contribution in [0.3, 0.4) is 0 Å². The van der Waals surface area contributed by atoms with E-state index in [0.29, 0.717) is 30.5 Å². The Kier molecular flexibility index (Phi) is 4.44. The summed E-state index contributed by atoms with van der Waals surface area (Å²) in [6.07, 6.45) is -2.75. The van der Waals surface area contributed by atoms with Crippen molar-refractivity contribution in [3.63, 3.8) is 0 Å². The summed E-state index contributed by atoms with van der Waals surface area (Å²) in [5, 5.41) is 6.18. The molecule has 5 rings (SSSR count). The number of halogens is 3. The summed E-state index contributed by atoms with van der Waals surface area (Å²) in [5.41, 5.74) is -0.881. The molecular formula is C20H17F3N4O2S. The summed E-state index contributed by atoms with van der Waals surface area (Å²) in [4.78, 5) is 20.1. The van der Waals surface area contributed by atoms with E-state index in [-0.39, 0.29) is 23.0 Å². The summed E-state index contributed by atoms with van der Waals surface area (Å²) >= 11 is 1.38. The number of hydrogen-bond acceptors (Lipinski definition) is 5. The van der Waals surface area contributed by atoms with Crippen molar-refractivity contribution in [2.45, 2.75) is 24.6 Å². The Balaban J connectivity index is 1.58. The highest BCUT2D eigenvalue weighted by atomic mass is 32.1. The Bertz CT molecular complexity index is 1090. The van der Waals surface area contributed by atoms with Gasteiger partial charge in [-0.25, -0.2) is 9.67 Å². The fourth-order valence-corrected chi connectivity index (χ4v) is 4.39. The minimum absolute atomic E-state index is 0.0241. The zero-order valence-corrected chi connectivity index (χ0v) is 16.5. The van der Waals surface area contributed by atoms with Crippen LogP contribution in [0.15, 0.2) is 41.8 Å². The Morgan fingerprint density at radius 1 is 1.20 bits per heavy atom. The van der Waals surface area contributed by atoms with E-state index < -0.39 is 11.7 Å². The van der Waals surface area contributed by atoms with Gasteiger partial charge in [0.15, 0.2) is 5.82 Å². The molecule has 3 heterocycles. The lowest BCUT2D eigenvalue weighted by molar-refractivity contribution is -0.137. The van der Waals surface area contributed by atoms with Crippen LogP contribution in [0.1, 0.15) is 29.0 Å². The van der Waals surface area contributed by atoms with Crippen molar-refractivity contribution in [1.82, 2.24) is 19.7 Å². The molecule has 0 unspecified atom stereocenters. The predicted octanol–water partition coefficient (Wildman–Crippen LogP) is 4.02. The van der Waals surface area contributed by atoms with Crippen molar-refractivity contribution in [3.05, 3.63) is 53.2 Å². The third-order valence-electron chi connectivity index (χ3n) is 5.43. The molecule has 2 aromatic heterocycles. The highest BCUT2D eigenvalue weighted by Gasteiger charge is 2.52. The SMILES string of the molecule is O=C(c1nc(-c2cccs2)n(-c2cccc(C(F)(F)F)c2)n1)N1CCOCC12CC2. The number of rotatable bonds is 3. The van der Waals surface area contributed by atoms with Gasteiger partial charge < -0.3 is 9.64 Å². The Morgan fingerprint density at radius 3 is 2.73 bits per heavy atom. The number of morpholine rings is 1. The third kappa shape index (κ3) is 3.29. The average molecular weight is 434 g/mol. The lowest BCUT2D eigenvalue weighted by Gasteiger charge is -2.35. The number of amides is 1. The van der Waals surface area contributed by atoms with Gasteiger partial charge in [-0.15, -0.1) is 16.4 Å². The molecule has 30 heavy (non-hydrogen) atoms. The first-order valence-corrected chi connectivity index (χ1v) is 10.3. The fraction of sp³-hybridized carbons (Fsp3) is 0.350. The van der Waals surface area contributed by atoms with Crippen molar-refractivity contribution >= 4 is 17.2 Å². The van der Waals surface area contributed by atoms with Crippen LogP contribution in [0.4, 0.5) is 13.2 Å². The van der Waals surface area contributed by atoms with Crippen LogP contribution in [-0.2, 0) is 10.9 Å². The zero-order chi connectivity index (χ0) is 20.9. The van der Waals surface area contributed by atoms with Crippen LogP contribution in [0.2, 0.25) is 0 Å². The minimum Gasteiger partial charge on any atom is -0.377 e. The van der Waals surface area contributed by atoms with Gasteiger partial charge in [0.25, 0.3) is 5.91 Å². The van der Waals surface area contributed by atoms with E-state index >= 15 is 0 Å². The van der Waals surface area contributed by atoms with Crippen molar-refractivity contribution in [1.29, 1.82) is 0 Å². The summed E-state index contributed by atoms with van der Waals surface area (Å²) in [6.45, 7) is 1.38. The Labute approximate surface area is 173 Å². The number of nitrogens with zero attached hydrogens (tertiary/aromatic N) is 4. The Hall–Kier alpha value is -2.72. The third-order valence-corrected chi connectivity index (χ3v) is 6.30. The number of carbonyl (C=O) groups excluding carboxylic acids is 1. The molecular weight excluding hydrogens is 417 g/mol. The maximum Gasteiger partial charge on any atom is 0.416 e. The second kappa shape index (κ2) is 6.92. The number of hydrogen-bond donors (Lipinski definition) is 0. The molecule has 1 amide bonds. The van der Waals surface area contributed by atoms with Crippen LogP contribution >= 0.6 is 11.3 Å². The number of aromatic nitrogens is 3. The molecule has 1 aromatic carbocycles. The fourth-order valence-electron chi connectivity index (χ4n) is 3.69. The van der Waals surface area contributed by atoms with Crippen molar-refractivity contribution in [3.8, 4) is 16.4 Å². The van der Waals surface area contributed by atoms with Gasteiger partial charge >= 0.3 is 6.18 Å². The van der Waals surface area contributed by atoms with E-state index in [1.165, 1.54) is 28.2 Å². The van der Waals surface area contributed by atoms with Gasteiger partial charge in [-0.1, -0.05) is 12.1 Å². The van der Waals surface area contributed by atoms with E-state index in [1.54, 1.807) is 11.0 Å². The van der Waals surface area contributed by atoms with Crippen molar-refractivity contribution < 1.29 is 22.7 Å². The van der Waals surface area contributed by atoms with Gasteiger partial charge in [-0.3, -0.25) is 4.79 Å². The van der Waals surface area contributed by atoms with Crippen LogP contribution in [0, 0.1) is 0 Å². The van der Waals surface area contributed by atoms with Crippen LogP contribution in [0.25, 0.3) is 16.4 Å². The molecule has 0 bridgehead atoms. The minimum atomic E-state index is -4.48. The van der Waals surface area contributed by atoms with Crippen LogP contribution in [0.5, 0.6) is 0 Å². The van der Waals surface area contributed by atoms with E-state index in [9.17, 15) is 18.0 Å². The molecule has 1 aliphatic heterocycles. The number of carbonyl (C=O) groups is 1. The smallest absolute Gasteiger partial charge is 0.377 e.